The first-order chi connectivity index (χ1) is 14.4. The zero-order valence-electron chi connectivity index (χ0n) is 18.1. The van der Waals surface area contributed by atoms with Crippen LogP contribution in [0, 0.1) is 13.8 Å². The number of aryl methyl sites for hydroxylation is 2. The minimum absolute atomic E-state index is 0.0486. The predicted octanol–water partition coefficient (Wildman–Crippen LogP) is 5.51. The Morgan fingerprint density at radius 3 is 2.67 bits per heavy atom. The SMILES string of the molecule is Cc1ccc(C2=NN(C(=O)CN3CCCCC3C)C(c3ccccc3Cl)C2)cc1C. The third-order valence-electron chi connectivity index (χ3n) is 6.55. The molecule has 2 unspecified atom stereocenters. The molecule has 2 heterocycles. The first-order valence-electron chi connectivity index (χ1n) is 10.9. The molecule has 2 aliphatic rings. The Balaban J connectivity index is 1.64. The Morgan fingerprint density at radius 2 is 1.93 bits per heavy atom. The lowest BCUT2D eigenvalue weighted by Gasteiger charge is -2.34. The summed E-state index contributed by atoms with van der Waals surface area (Å²) < 4.78 is 0. The maximum Gasteiger partial charge on any atom is 0.257 e. The van der Waals surface area contributed by atoms with Crippen molar-refractivity contribution in [2.45, 2.75) is 58.5 Å². The molecule has 4 nitrogen and oxygen atoms in total. The molecule has 2 atom stereocenters. The summed E-state index contributed by atoms with van der Waals surface area (Å²) in [5, 5.41) is 7.20. The number of amides is 1. The number of halogens is 1. The second kappa shape index (κ2) is 8.91. The summed E-state index contributed by atoms with van der Waals surface area (Å²) >= 11 is 6.53. The fourth-order valence-corrected chi connectivity index (χ4v) is 4.72. The molecule has 0 bridgehead atoms. The van der Waals surface area contributed by atoms with E-state index in [0.717, 1.165) is 36.2 Å². The average Bonchev–Trinajstić information content (AvgIpc) is 3.17. The van der Waals surface area contributed by atoms with Crippen LogP contribution in [0.15, 0.2) is 47.6 Å². The summed E-state index contributed by atoms with van der Waals surface area (Å²) in [7, 11) is 0. The van der Waals surface area contributed by atoms with E-state index in [2.05, 4.69) is 43.9 Å². The standard InChI is InChI=1S/C25H30ClN3O/c1-17-11-12-20(14-18(17)2)23-15-24(21-9-4-5-10-22(21)26)29(27-23)25(30)16-28-13-7-6-8-19(28)3/h4-5,9-12,14,19,24H,6-8,13,15-16H2,1-3H3. The minimum atomic E-state index is -0.164. The van der Waals surface area contributed by atoms with Crippen LogP contribution in [-0.2, 0) is 4.79 Å². The molecule has 4 rings (SSSR count). The second-order valence-electron chi connectivity index (χ2n) is 8.64. The van der Waals surface area contributed by atoms with E-state index in [0.29, 0.717) is 24.0 Å². The highest BCUT2D eigenvalue weighted by molar-refractivity contribution is 6.31. The zero-order valence-corrected chi connectivity index (χ0v) is 18.8. The molecule has 1 saturated heterocycles. The quantitative estimate of drug-likeness (QED) is 0.650. The smallest absolute Gasteiger partial charge is 0.257 e. The van der Waals surface area contributed by atoms with E-state index in [1.54, 1.807) is 5.01 Å². The van der Waals surface area contributed by atoms with E-state index >= 15 is 0 Å². The number of carbonyl (C=O) groups is 1. The van der Waals surface area contributed by atoms with Crippen LogP contribution >= 0.6 is 11.6 Å². The van der Waals surface area contributed by atoms with Crippen molar-refractivity contribution >= 4 is 23.2 Å². The van der Waals surface area contributed by atoms with Gasteiger partial charge in [0.1, 0.15) is 0 Å². The Hall–Kier alpha value is -2.17. The molecule has 0 aromatic heterocycles. The van der Waals surface area contributed by atoms with Crippen LogP contribution in [0.25, 0.3) is 0 Å². The van der Waals surface area contributed by atoms with E-state index in [1.807, 2.05) is 24.3 Å². The summed E-state index contributed by atoms with van der Waals surface area (Å²) in [6, 6.07) is 14.5. The van der Waals surface area contributed by atoms with Crippen LogP contribution in [0.1, 0.15) is 60.9 Å². The van der Waals surface area contributed by atoms with Crippen molar-refractivity contribution < 1.29 is 4.79 Å². The molecule has 30 heavy (non-hydrogen) atoms. The van der Waals surface area contributed by atoms with Crippen molar-refractivity contribution in [1.29, 1.82) is 0 Å². The first-order valence-corrected chi connectivity index (χ1v) is 11.3. The van der Waals surface area contributed by atoms with E-state index in [-0.39, 0.29) is 11.9 Å². The highest BCUT2D eigenvalue weighted by Gasteiger charge is 2.35. The zero-order chi connectivity index (χ0) is 21.3. The number of rotatable bonds is 4. The summed E-state index contributed by atoms with van der Waals surface area (Å²) in [5.41, 5.74) is 5.48. The average molecular weight is 424 g/mol. The number of benzene rings is 2. The van der Waals surface area contributed by atoms with Gasteiger partial charge in [0.25, 0.3) is 5.91 Å². The van der Waals surface area contributed by atoms with Gasteiger partial charge in [0.2, 0.25) is 0 Å². The highest BCUT2D eigenvalue weighted by Crippen LogP contribution is 2.36. The predicted molar refractivity (Wildman–Crippen MR) is 123 cm³/mol. The van der Waals surface area contributed by atoms with E-state index in [4.69, 9.17) is 16.7 Å². The largest absolute Gasteiger partial charge is 0.292 e. The van der Waals surface area contributed by atoms with Gasteiger partial charge in [0.15, 0.2) is 0 Å². The number of likely N-dealkylation sites (tertiary alicyclic amines) is 1. The third kappa shape index (κ3) is 4.30. The Kier molecular flexibility index (Phi) is 6.26. The monoisotopic (exact) mass is 423 g/mol. The third-order valence-corrected chi connectivity index (χ3v) is 6.89. The van der Waals surface area contributed by atoms with Crippen LogP contribution in [0.4, 0.5) is 0 Å². The number of carbonyl (C=O) groups excluding carboxylic acids is 1. The van der Waals surface area contributed by atoms with Gasteiger partial charge >= 0.3 is 0 Å². The van der Waals surface area contributed by atoms with E-state index in [9.17, 15) is 4.79 Å². The van der Waals surface area contributed by atoms with Crippen LogP contribution in [-0.4, -0.2) is 40.7 Å². The second-order valence-corrected chi connectivity index (χ2v) is 9.05. The molecule has 0 N–H and O–H groups in total. The van der Waals surface area contributed by atoms with Gasteiger partial charge in [-0.2, -0.15) is 5.10 Å². The lowest BCUT2D eigenvalue weighted by Crippen LogP contribution is -2.44. The van der Waals surface area contributed by atoms with Gasteiger partial charge < -0.3 is 0 Å². The normalized spacial score (nSPS) is 22.3. The molecular weight excluding hydrogens is 394 g/mol. The molecule has 2 aromatic carbocycles. The van der Waals surface area contributed by atoms with Gasteiger partial charge in [-0.05, 0) is 74.5 Å². The lowest BCUT2D eigenvalue weighted by molar-refractivity contribution is -0.135. The van der Waals surface area contributed by atoms with Gasteiger partial charge in [0, 0.05) is 17.5 Å². The van der Waals surface area contributed by atoms with Crippen molar-refractivity contribution in [1.82, 2.24) is 9.91 Å². The van der Waals surface area contributed by atoms with Gasteiger partial charge in [0.05, 0.1) is 18.3 Å². The first kappa shape index (κ1) is 21.1. The van der Waals surface area contributed by atoms with Gasteiger partial charge in [-0.25, -0.2) is 5.01 Å². The molecule has 1 fully saturated rings. The van der Waals surface area contributed by atoms with Gasteiger partial charge in [-0.1, -0.05) is 48.4 Å². The molecule has 2 aromatic rings. The summed E-state index contributed by atoms with van der Waals surface area (Å²) in [6.07, 6.45) is 4.22. The fourth-order valence-electron chi connectivity index (χ4n) is 4.46. The molecule has 1 amide bonds. The highest BCUT2D eigenvalue weighted by atomic mass is 35.5. The number of hydrogen-bond donors (Lipinski definition) is 0. The van der Waals surface area contributed by atoms with Crippen LogP contribution in [0.3, 0.4) is 0 Å². The summed E-state index contributed by atoms with van der Waals surface area (Å²) in [6.45, 7) is 7.82. The van der Waals surface area contributed by atoms with Crippen molar-refractivity contribution in [3.63, 3.8) is 0 Å². The Morgan fingerprint density at radius 1 is 1.13 bits per heavy atom. The number of piperidine rings is 1. The fraction of sp³-hybridized carbons (Fsp3) is 0.440. The van der Waals surface area contributed by atoms with E-state index < -0.39 is 0 Å². The maximum atomic E-state index is 13.4. The van der Waals surface area contributed by atoms with Crippen molar-refractivity contribution in [2.24, 2.45) is 5.10 Å². The van der Waals surface area contributed by atoms with Crippen molar-refractivity contribution in [3.05, 3.63) is 69.7 Å². The van der Waals surface area contributed by atoms with Crippen LogP contribution in [0.5, 0.6) is 0 Å². The molecule has 0 spiro atoms. The molecule has 2 aliphatic heterocycles. The Labute approximate surface area is 184 Å². The van der Waals surface area contributed by atoms with E-state index in [1.165, 1.54) is 17.5 Å². The van der Waals surface area contributed by atoms with Crippen molar-refractivity contribution in [3.8, 4) is 0 Å². The minimum Gasteiger partial charge on any atom is -0.292 e. The van der Waals surface area contributed by atoms with Gasteiger partial charge in [-0.15, -0.1) is 0 Å². The van der Waals surface area contributed by atoms with Crippen LogP contribution in [0.2, 0.25) is 5.02 Å². The molecule has 0 saturated carbocycles. The maximum absolute atomic E-state index is 13.4. The molecule has 158 valence electrons. The molecule has 0 radical (unpaired) electrons. The molecule has 5 heteroatoms. The Bertz CT molecular complexity index is 971. The summed E-state index contributed by atoms with van der Waals surface area (Å²) in [4.78, 5) is 15.7. The molecule has 0 aliphatic carbocycles. The van der Waals surface area contributed by atoms with Crippen LogP contribution < -0.4 is 0 Å². The van der Waals surface area contributed by atoms with Gasteiger partial charge in [-0.3, -0.25) is 9.69 Å². The summed E-state index contributed by atoms with van der Waals surface area (Å²) in [5.74, 6) is 0.0486. The van der Waals surface area contributed by atoms with Crippen molar-refractivity contribution in [2.75, 3.05) is 13.1 Å². The lowest BCUT2D eigenvalue weighted by atomic mass is 9.96. The number of nitrogens with zero attached hydrogens (tertiary/aromatic N) is 3. The topological polar surface area (TPSA) is 35.9 Å². The molecular formula is C25H30ClN3O. The number of hydrogen-bond acceptors (Lipinski definition) is 3. The number of hydrazone groups is 1.